The molecule has 0 amide bonds. The minimum Gasteiger partial charge on any atom is -0.393 e. The first-order valence-electron chi connectivity index (χ1n) is 8.97. The number of unbranched alkanes of at least 4 members (excludes halogenated alkanes) is 1. The van der Waals surface area contributed by atoms with E-state index in [1.54, 1.807) is 7.11 Å². The van der Waals surface area contributed by atoms with Crippen molar-refractivity contribution < 1.29 is 14.9 Å². The van der Waals surface area contributed by atoms with Crippen LogP contribution in [0.1, 0.15) is 76.9 Å². The molecule has 0 aliphatic heterocycles. The Kier molecular flexibility index (Phi) is 9.46. The summed E-state index contributed by atoms with van der Waals surface area (Å²) in [5, 5.41) is 20.2. The van der Waals surface area contributed by atoms with Crippen molar-refractivity contribution in [1.82, 2.24) is 0 Å². The summed E-state index contributed by atoms with van der Waals surface area (Å²) in [5.74, 6) is 0. The van der Waals surface area contributed by atoms with Crippen molar-refractivity contribution in [3.63, 3.8) is 0 Å². The average molecular weight is 322 g/mol. The van der Waals surface area contributed by atoms with Gasteiger partial charge in [-0.2, -0.15) is 0 Å². The monoisotopic (exact) mass is 322 g/mol. The Labute approximate surface area is 141 Å². The van der Waals surface area contributed by atoms with E-state index < -0.39 is 6.10 Å². The lowest BCUT2D eigenvalue weighted by Crippen LogP contribution is -2.28. The summed E-state index contributed by atoms with van der Waals surface area (Å²) in [6, 6.07) is 9.77. The van der Waals surface area contributed by atoms with E-state index in [-0.39, 0.29) is 11.7 Å². The zero-order valence-corrected chi connectivity index (χ0v) is 15.0. The zero-order valence-electron chi connectivity index (χ0n) is 15.0. The molecule has 0 aliphatic carbocycles. The molecule has 0 spiro atoms. The number of rotatable bonds is 12. The summed E-state index contributed by atoms with van der Waals surface area (Å²) in [4.78, 5) is 0. The molecular formula is C20H34O3. The van der Waals surface area contributed by atoms with Crippen molar-refractivity contribution in [1.29, 1.82) is 0 Å². The highest BCUT2D eigenvalue weighted by Crippen LogP contribution is 2.29. The molecule has 23 heavy (non-hydrogen) atoms. The standard InChI is InChI=1S/C20H34O3/c1-4-5-12-18(21)13-9-15-20(2,23-3)16-14-19(22)17-10-7-6-8-11-17/h6-8,10-11,18-19,21-22H,4-5,9,12-16H2,1-3H3. The molecule has 0 aromatic heterocycles. The number of methoxy groups -OCH3 is 1. The second-order valence-electron chi connectivity index (χ2n) is 6.81. The third kappa shape index (κ3) is 7.96. The summed E-state index contributed by atoms with van der Waals surface area (Å²) in [6.07, 6.45) is 6.68. The number of aliphatic hydroxyl groups is 2. The third-order valence-corrected chi connectivity index (χ3v) is 4.76. The number of benzene rings is 1. The van der Waals surface area contributed by atoms with E-state index in [1.165, 1.54) is 0 Å². The van der Waals surface area contributed by atoms with Crippen LogP contribution in [0, 0.1) is 0 Å². The maximum absolute atomic E-state index is 10.3. The highest BCUT2D eigenvalue weighted by atomic mass is 16.5. The van der Waals surface area contributed by atoms with E-state index in [4.69, 9.17) is 4.74 Å². The Morgan fingerprint density at radius 3 is 2.26 bits per heavy atom. The molecule has 0 saturated heterocycles. The summed E-state index contributed by atoms with van der Waals surface area (Å²) < 4.78 is 5.69. The van der Waals surface area contributed by atoms with Crippen molar-refractivity contribution >= 4 is 0 Å². The lowest BCUT2D eigenvalue weighted by atomic mass is 9.89. The summed E-state index contributed by atoms with van der Waals surface area (Å²) in [7, 11) is 1.74. The van der Waals surface area contributed by atoms with Gasteiger partial charge in [-0.25, -0.2) is 0 Å². The van der Waals surface area contributed by atoms with Crippen LogP contribution in [0.15, 0.2) is 30.3 Å². The minimum atomic E-state index is -0.444. The normalized spacial score (nSPS) is 16.7. The predicted molar refractivity (Wildman–Crippen MR) is 95.4 cm³/mol. The van der Waals surface area contributed by atoms with E-state index in [0.717, 1.165) is 50.5 Å². The molecule has 3 nitrogen and oxygen atoms in total. The summed E-state index contributed by atoms with van der Waals surface area (Å²) >= 11 is 0. The Hall–Kier alpha value is -0.900. The molecule has 1 aromatic rings. The van der Waals surface area contributed by atoms with Gasteiger partial charge in [0.2, 0.25) is 0 Å². The van der Waals surface area contributed by atoms with Gasteiger partial charge in [-0.05, 0) is 51.0 Å². The maximum atomic E-state index is 10.3. The van der Waals surface area contributed by atoms with Crippen molar-refractivity contribution in [3.8, 4) is 0 Å². The van der Waals surface area contributed by atoms with Gasteiger partial charge in [-0.1, -0.05) is 50.1 Å². The van der Waals surface area contributed by atoms with Crippen molar-refractivity contribution in [2.45, 2.75) is 83.0 Å². The molecule has 3 heteroatoms. The van der Waals surface area contributed by atoms with E-state index in [0.29, 0.717) is 6.42 Å². The quantitative estimate of drug-likeness (QED) is 0.590. The first-order valence-corrected chi connectivity index (χ1v) is 8.97. The Morgan fingerprint density at radius 2 is 1.65 bits per heavy atom. The van der Waals surface area contributed by atoms with Crippen molar-refractivity contribution in [2.24, 2.45) is 0 Å². The van der Waals surface area contributed by atoms with Gasteiger partial charge in [-0.15, -0.1) is 0 Å². The molecule has 1 aromatic carbocycles. The molecule has 3 atom stereocenters. The lowest BCUT2D eigenvalue weighted by Gasteiger charge is -2.29. The highest BCUT2D eigenvalue weighted by molar-refractivity contribution is 5.17. The highest BCUT2D eigenvalue weighted by Gasteiger charge is 2.25. The van der Waals surface area contributed by atoms with Gasteiger partial charge in [-0.3, -0.25) is 0 Å². The van der Waals surface area contributed by atoms with Crippen LogP contribution in [-0.2, 0) is 4.74 Å². The van der Waals surface area contributed by atoms with Crippen molar-refractivity contribution in [2.75, 3.05) is 7.11 Å². The lowest BCUT2D eigenvalue weighted by molar-refractivity contribution is -0.0227. The fraction of sp³-hybridized carbons (Fsp3) is 0.700. The van der Waals surface area contributed by atoms with E-state index >= 15 is 0 Å². The van der Waals surface area contributed by atoms with E-state index in [1.807, 2.05) is 30.3 Å². The maximum Gasteiger partial charge on any atom is 0.0791 e. The van der Waals surface area contributed by atoms with Gasteiger partial charge in [0.25, 0.3) is 0 Å². The second kappa shape index (κ2) is 10.8. The fourth-order valence-electron chi connectivity index (χ4n) is 2.91. The number of aliphatic hydroxyl groups excluding tert-OH is 2. The van der Waals surface area contributed by atoms with Crippen LogP contribution in [0.4, 0.5) is 0 Å². The first-order chi connectivity index (χ1) is 11.0. The summed E-state index contributed by atoms with van der Waals surface area (Å²) in [6.45, 7) is 4.25. The molecule has 0 radical (unpaired) electrons. The van der Waals surface area contributed by atoms with Crippen LogP contribution < -0.4 is 0 Å². The molecule has 1 rings (SSSR count). The number of ether oxygens (including phenoxy) is 1. The molecule has 132 valence electrons. The summed E-state index contributed by atoms with van der Waals surface area (Å²) in [5.41, 5.74) is 0.723. The predicted octanol–water partition coefficient (Wildman–Crippen LogP) is 4.63. The van der Waals surface area contributed by atoms with Crippen LogP contribution in [-0.4, -0.2) is 29.0 Å². The Balaban J connectivity index is 2.35. The number of hydrogen-bond acceptors (Lipinski definition) is 3. The molecule has 0 fully saturated rings. The topological polar surface area (TPSA) is 49.7 Å². The number of hydrogen-bond donors (Lipinski definition) is 2. The smallest absolute Gasteiger partial charge is 0.0791 e. The molecule has 2 N–H and O–H groups in total. The third-order valence-electron chi connectivity index (χ3n) is 4.76. The Morgan fingerprint density at radius 1 is 1.00 bits per heavy atom. The van der Waals surface area contributed by atoms with E-state index in [9.17, 15) is 10.2 Å². The second-order valence-corrected chi connectivity index (χ2v) is 6.81. The molecule has 0 bridgehead atoms. The average Bonchev–Trinajstić information content (AvgIpc) is 2.58. The molecule has 0 aliphatic rings. The van der Waals surface area contributed by atoms with Gasteiger partial charge >= 0.3 is 0 Å². The van der Waals surface area contributed by atoms with Gasteiger partial charge in [0.05, 0.1) is 17.8 Å². The van der Waals surface area contributed by atoms with Crippen LogP contribution >= 0.6 is 0 Å². The van der Waals surface area contributed by atoms with Crippen LogP contribution in [0.2, 0.25) is 0 Å². The van der Waals surface area contributed by atoms with E-state index in [2.05, 4.69) is 13.8 Å². The van der Waals surface area contributed by atoms with Crippen LogP contribution in [0.5, 0.6) is 0 Å². The SMILES string of the molecule is CCCCC(O)CCCC(C)(CCC(O)c1ccccc1)OC. The van der Waals surface area contributed by atoms with Crippen molar-refractivity contribution in [3.05, 3.63) is 35.9 Å². The Bertz CT molecular complexity index is 407. The van der Waals surface area contributed by atoms with Crippen LogP contribution in [0.25, 0.3) is 0 Å². The fourth-order valence-corrected chi connectivity index (χ4v) is 2.91. The van der Waals surface area contributed by atoms with Crippen LogP contribution in [0.3, 0.4) is 0 Å². The van der Waals surface area contributed by atoms with Gasteiger partial charge < -0.3 is 14.9 Å². The molecular weight excluding hydrogens is 288 g/mol. The molecule has 0 saturated carbocycles. The zero-order chi connectivity index (χ0) is 17.1. The van der Waals surface area contributed by atoms with Gasteiger partial charge in [0.1, 0.15) is 0 Å². The minimum absolute atomic E-state index is 0.189. The van der Waals surface area contributed by atoms with Gasteiger partial charge in [0.15, 0.2) is 0 Å². The van der Waals surface area contributed by atoms with Gasteiger partial charge in [0, 0.05) is 7.11 Å². The molecule has 0 heterocycles. The molecule has 3 unspecified atom stereocenters. The first kappa shape index (κ1) is 20.1. The largest absolute Gasteiger partial charge is 0.393 e.